The molecule has 0 spiro atoms. The summed E-state index contributed by atoms with van der Waals surface area (Å²) in [5.74, 6) is 2.06. The number of hydrogen-bond acceptors (Lipinski definition) is 4. The first-order chi connectivity index (χ1) is 13.2. The molecular formula is C20H27N5O2. The summed E-state index contributed by atoms with van der Waals surface area (Å²) in [5.41, 5.74) is 0.212. The van der Waals surface area contributed by atoms with Crippen LogP contribution in [-0.4, -0.2) is 33.0 Å². The van der Waals surface area contributed by atoms with Gasteiger partial charge in [0.2, 0.25) is 0 Å². The molecule has 0 aliphatic heterocycles. The van der Waals surface area contributed by atoms with Crippen molar-refractivity contribution in [2.75, 3.05) is 13.1 Å². The van der Waals surface area contributed by atoms with Crippen LogP contribution in [0.1, 0.15) is 44.9 Å². The van der Waals surface area contributed by atoms with E-state index in [1.54, 1.807) is 12.3 Å². The molecule has 2 saturated carbocycles. The molecule has 0 aromatic carbocycles. The first-order valence-corrected chi connectivity index (χ1v) is 10.00. The smallest absolute Gasteiger partial charge is 0.326 e. The Morgan fingerprint density at radius 1 is 0.963 bits per heavy atom. The number of aromatic nitrogens is 4. The van der Waals surface area contributed by atoms with Crippen LogP contribution in [0.4, 0.5) is 0 Å². The van der Waals surface area contributed by atoms with E-state index < -0.39 is 11.2 Å². The van der Waals surface area contributed by atoms with Gasteiger partial charge in [-0.3, -0.25) is 9.78 Å². The standard InChI is InChI=1S/C11H21N.C9H6N4O2/c1-2-4-10(5-3-1)8-12-9-11-6-7-11;14-8-5-3-11-7-4(1-2-10-7)6(5)12-9(15)13-8/h10-12H,1-9H2;1-3H,(H,10,11)(H2,12,13,14,15). The van der Waals surface area contributed by atoms with Crippen molar-refractivity contribution in [3.63, 3.8) is 0 Å². The summed E-state index contributed by atoms with van der Waals surface area (Å²) in [5, 5.41) is 4.73. The Bertz CT molecular complexity index is 1010. The van der Waals surface area contributed by atoms with E-state index in [9.17, 15) is 9.59 Å². The zero-order valence-corrected chi connectivity index (χ0v) is 15.5. The van der Waals surface area contributed by atoms with Crippen molar-refractivity contribution < 1.29 is 0 Å². The maximum atomic E-state index is 11.4. The van der Waals surface area contributed by atoms with Gasteiger partial charge in [0, 0.05) is 17.8 Å². The molecule has 2 aliphatic rings. The van der Waals surface area contributed by atoms with E-state index in [0.29, 0.717) is 16.6 Å². The Labute approximate surface area is 157 Å². The lowest BCUT2D eigenvalue weighted by atomic mass is 9.89. The molecule has 3 heterocycles. The van der Waals surface area contributed by atoms with Crippen LogP contribution in [0, 0.1) is 11.8 Å². The summed E-state index contributed by atoms with van der Waals surface area (Å²) >= 11 is 0. The maximum absolute atomic E-state index is 11.4. The third-order valence-electron chi connectivity index (χ3n) is 5.58. The molecule has 3 aromatic heterocycles. The van der Waals surface area contributed by atoms with E-state index in [1.165, 1.54) is 64.2 Å². The van der Waals surface area contributed by atoms with Crippen LogP contribution in [0.5, 0.6) is 0 Å². The van der Waals surface area contributed by atoms with Gasteiger partial charge in [0.1, 0.15) is 5.65 Å². The zero-order chi connectivity index (χ0) is 18.6. The highest BCUT2D eigenvalue weighted by Crippen LogP contribution is 2.28. The third-order valence-corrected chi connectivity index (χ3v) is 5.58. The van der Waals surface area contributed by atoms with Crippen molar-refractivity contribution >= 4 is 21.9 Å². The fraction of sp³-hybridized carbons (Fsp3) is 0.550. The quantitative estimate of drug-likeness (QED) is 0.567. The number of rotatable bonds is 4. The van der Waals surface area contributed by atoms with Gasteiger partial charge in [-0.25, -0.2) is 9.78 Å². The molecular weight excluding hydrogens is 342 g/mol. The van der Waals surface area contributed by atoms with Crippen LogP contribution in [0.25, 0.3) is 21.9 Å². The second kappa shape index (κ2) is 8.08. The summed E-state index contributed by atoms with van der Waals surface area (Å²) in [4.78, 5) is 34.3. The Morgan fingerprint density at radius 3 is 2.44 bits per heavy atom. The van der Waals surface area contributed by atoms with Gasteiger partial charge in [-0.2, -0.15) is 0 Å². The van der Waals surface area contributed by atoms with E-state index >= 15 is 0 Å². The van der Waals surface area contributed by atoms with Gasteiger partial charge in [0.15, 0.2) is 0 Å². The van der Waals surface area contributed by atoms with Gasteiger partial charge in [0.05, 0.1) is 10.9 Å². The molecule has 0 unspecified atom stereocenters. The molecule has 2 aliphatic carbocycles. The average Bonchev–Trinajstić information content (AvgIpc) is 3.36. The van der Waals surface area contributed by atoms with Crippen molar-refractivity contribution in [2.45, 2.75) is 44.9 Å². The molecule has 4 N–H and O–H groups in total. The van der Waals surface area contributed by atoms with Gasteiger partial charge < -0.3 is 15.3 Å². The topological polar surface area (TPSA) is 106 Å². The highest BCUT2D eigenvalue weighted by atomic mass is 16.2. The Morgan fingerprint density at radius 2 is 1.70 bits per heavy atom. The summed E-state index contributed by atoms with van der Waals surface area (Å²) in [6.07, 6.45) is 13.5. The largest absolute Gasteiger partial charge is 0.346 e. The number of nitrogens with zero attached hydrogens (tertiary/aromatic N) is 1. The number of hydrogen-bond donors (Lipinski definition) is 4. The van der Waals surface area contributed by atoms with E-state index in [0.717, 1.165) is 17.2 Å². The van der Waals surface area contributed by atoms with Crippen molar-refractivity contribution in [2.24, 2.45) is 11.8 Å². The van der Waals surface area contributed by atoms with E-state index in [2.05, 4.69) is 25.3 Å². The normalized spacial score (nSPS) is 17.8. The summed E-state index contributed by atoms with van der Waals surface area (Å²) in [7, 11) is 0. The third kappa shape index (κ3) is 4.47. The Balaban J connectivity index is 0.000000137. The highest BCUT2D eigenvalue weighted by Gasteiger charge is 2.21. The highest BCUT2D eigenvalue weighted by molar-refractivity contribution is 6.01. The molecule has 27 heavy (non-hydrogen) atoms. The molecule has 5 rings (SSSR count). The lowest BCUT2D eigenvalue weighted by Gasteiger charge is -2.21. The number of nitrogens with one attached hydrogen (secondary N) is 4. The van der Waals surface area contributed by atoms with Crippen LogP contribution < -0.4 is 16.6 Å². The molecule has 7 heteroatoms. The van der Waals surface area contributed by atoms with Crippen LogP contribution in [0.3, 0.4) is 0 Å². The van der Waals surface area contributed by atoms with Crippen molar-refractivity contribution in [1.29, 1.82) is 0 Å². The van der Waals surface area contributed by atoms with Crippen LogP contribution >= 0.6 is 0 Å². The molecule has 0 radical (unpaired) electrons. The summed E-state index contributed by atoms with van der Waals surface area (Å²) in [6, 6.07) is 1.76. The van der Waals surface area contributed by atoms with E-state index in [-0.39, 0.29) is 0 Å². The van der Waals surface area contributed by atoms with Crippen LogP contribution in [-0.2, 0) is 0 Å². The second-order valence-electron chi connectivity index (χ2n) is 7.80. The lowest BCUT2D eigenvalue weighted by molar-refractivity contribution is 0.341. The SMILES string of the molecule is C1CCC(CNCC2CC2)CC1.O=c1[nH]c(=O)c2cnc3[nH]ccc3c2[nH]1. The number of aromatic amines is 3. The summed E-state index contributed by atoms with van der Waals surface area (Å²) in [6.45, 7) is 2.60. The van der Waals surface area contributed by atoms with Crippen LogP contribution in [0.15, 0.2) is 28.0 Å². The molecule has 0 atom stereocenters. The Kier molecular flexibility index (Phi) is 5.38. The fourth-order valence-electron chi connectivity index (χ4n) is 3.83. The van der Waals surface area contributed by atoms with E-state index in [4.69, 9.17) is 0 Å². The molecule has 2 fully saturated rings. The summed E-state index contributed by atoms with van der Waals surface area (Å²) < 4.78 is 0. The minimum atomic E-state index is -0.513. The molecule has 0 bridgehead atoms. The number of fused-ring (bicyclic) bond motifs is 3. The van der Waals surface area contributed by atoms with Gasteiger partial charge in [-0.1, -0.05) is 19.3 Å². The van der Waals surface area contributed by atoms with Crippen molar-refractivity contribution in [1.82, 2.24) is 25.3 Å². The first-order valence-electron chi connectivity index (χ1n) is 10.00. The number of pyridine rings is 1. The second-order valence-corrected chi connectivity index (χ2v) is 7.80. The number of H-pyrrole nitrogens is 3. The fourth-order valence-corrected chi connectivity index (χ4v) is 3.83. The van der Waals surface area contributed by atoms with Gasteiger partial charge in [0.25, 0.3) is 5.56 Å². The predicted molar refractivity (Wildman–Crippen MR) is 107 cm³/mol. The minimum Gasteiger partial charge on any atom is -0.346 e. The van der Waals surface area contributed by atoms with E-state index in [1.807, 2.05) is 0 Å². The van der Waals surface area contributed by atoms with Gasteiger partial charge >= 0.3 is 5.69 Å². The molecule has 7 nitrogen and oxygen atoms in total. The maximum Gasteiger partial charge on any atom is 0.326 e. The zero-order valence-electron chi connectivity index (χ0n) is 15.5. The molecule has 144 valence electrons. The molecule has 0 amide bonds. The monoisotopic (exact) mass is 369 g/mol. The minimum absolute atomic E-state index is 0.377. The van der Waals surface area contributed by atoms with Gasteiger partial charge in [-0.15, -0.1) is 0 Å². The Hall–Kier alpha value is -2.41. The van der Waals surface area contributed by atoms with Crippen molar-refractivity contribution in [3.05, 3.63) is 39.3 Å². The first kappa shape index (κ1) is 18.0. The molecule has 0 saturated heterocycles. The van der Waals surface area contributed by atoms with Crippen molar-refractivity contribution in [3.8, 4) is 0 Å². The predicted octanol–water partition coefficient (Wildman–Crippen LogP) is 2.66. The molecule has 3 aromatic rings. The lowest BCUT2D eigenvalue weighted by Crippen LogP contribution is -2.26. The van der Waals surface area contributed by atoms with Gasteiger partial charge in [-0.05, 0) is 56.7 Å². The van der Waals surface area contributed by atoms with Crippen LogP contribution in [0.2, 0.25) is 0 Å². The average molecular weight is 369 g/mol.